The number of alkyl halides is 4. The first-order valence-electron chi connectivity index (χ1n) is 12.5. The fourth-order valence-corrected chi connectivity index (χ4v) is 5.12. The molecule has 0 aliphatic heterocycles. The van der Waals surface area contributed by atoms with Crippen molar-refractivity contribution in [3.8, 4) is 11.5 Å². The lowest BCUT2D eigenvalue weighted by atomic mass is 9.66. The van der Waals surface area contributed by atoms with Crippen molar-refractivity contribution >= 4 is 11.0 Å². The van der Waals surface area contributed by atoms with Gasteiger partial charge in [-0.15, -0.1) is 0 Å². The topological polar surface area (TPSA) is 61.6 Å². The Balaban J connectivity index is 1.98. The van der Waals surface area contributed by atoms with E-state index in [9.17, 15) is 26.2 Å². The molecule has 0 bridgehead atoms. The van der Waals surface area contributed by atoms with Gasteiger partial charge in [0.15, 0.2) is 11.6 Å². The molecule has 0 amide bonds. The molecule has 1 unspecified atom stereocenters. The second-order valence-electron chi connectivity index (χ2n) is 10.6. The lowest BCUT2D eigenvalue weighted by Gasteiger charge is -2.41. The fraction of sp³-hybridized carbons (Fsp3) is 0.379. The van der Waals surface area contributed by atoms with Gasteiger partial charge in [-0.25, -0.2) is 13.0 Å². The number of halogens is 6. The first kappa shape index (κ1) is 29.9. The number of rotatable bonds is 12. The van der Waals surface area contributed by atoms with E-state index in [1.165, 1.54) is 18.2 Å². The molecule has 0 aromatic heterocycles. The van der Waals surface area contributed by atoms with Gasteiger partial charge < -0.3 is 9.47 Å². The Bertz CT molecular complexity index is 1370. The van der Waals surface area contributed by atoms with Crippen molar-refractivity contribution in [2.45, 2.75) is 68.3 Å². The van der Waals surface area contributed by atoms with Crippen LogP contribution in [0.25, 0.3) is 0 Å². The van der Waals surface area contributed by atoms with Gasteiger partial charge in [-0.3, -0.25) is 5.14 Å². The molecule has 216 valence electrons. The van der Waals surface area contributed by atoms with Gasteiger partial charge in [0.05, 0.1) is 21.8 Å². The zero-order valence-electron chi connectivity index (χ0n) is 21.8. The van der Waals surface area contributed by atoms with Crippen molar-refractivity contribution in [1.82, 2.24) is 0 Å². The van der Waals surface area contributed by atoms with Crippen LogP contribution < -0.4 is 14.6 Å². The van der Waals surface area contributed by atoms with Crippen LogP contribution in [0.2, 0.25) is 0 Å². The summed E-state index contributed by atoms with van der Waals surface area (Å²) in [5.41, 5.74) is -0.210. The van der Waals surface area contributed by atoms with E-state index in [-0.39, 0.29) is 30.3 Å². The van der Waals surface area contributed by atoms with Crippen LogP contribution in [0, 0.1) is 11.6 Å². The van der Waals surface area contributed by atoms with Crippen molar-refractivity contribution in [2.24, 2.45) is 5.14 Å². The summed E-state index contributed by atoms with van der Waals surface area (Å²) in [5.74, 6) is -2.55. The summed E-state index contributed by atoms with van der Waals surface area (Å²) < 4.78 is 105. The second kappa shape index (κ2) is 11.4. The molecule has 2 N–H and O–H groups in total. The van der Waals surface area contributed by atoms with E-state index in [2.05, 4.69) is 4.74 Å². The summed E-state index contributed by atoms with van der Waals surface area (Å²) in [5, 5.41) is 5.84. The first-order valence-corrected chi connectivity index (χ1v) is 13.8. The maximum absolute atomic E-state index is 15.0. The Morgan fingerprint density at radius 1 is 0.975 bits per heavy atom. The number of hydrogen-bond donors (Lipinski definition) is 1. The second-order valence-corrected chi connectivity index (χ2v) is 12.3. The largest absolute Gasteiger partial charge is 0.487 e. The standard InChI is InChI=1S/C29H29F6NO3S/c1-27(2,40(36)37)17-28(16-18-6-4-3-5-7-18,19-8-11-24(31)25(14-19)38-22-9-10-22)20-12-21(30)15-23(13-20)39-29(34,35)26(32)33/h3-8,11-15,22,26H,9-10,16-17,36H2,1-2H3/t28-,40?/m1/s1. The zero-order valence-corrected chi connectivity index (χ0v) is 22.6. The average Bonchev–Trinajstić information content (AvgIpc) is 3.68. The lowest BCUT2D eigenvalue weighted by molar-refractivity contribution is -0.253. The molecule has 1 aliphatic rings. The van der Waals surface area contributed by atoms with Crippen molar-refractivity contribution < 1.29 is 40.0 Å². The Labute approximate surface area is 231 Å². The highest BCUT2D eigenvalue weighted by atomic mass is 32.2. The van der Waals surface area contributed by atoms with E-state index < -0.39 is 51.1 Å². The van der Waals surface area contributed by atoms with Crippen LogP contribution in [0.1, 0.15) is 49.8 Å². The van der Waals surface area contributed by atoms with Gasteiger partial charge in [0.2, 0.25) is 0 Å². The molecule has 4 rings (SSSR count). The predicted octanol–water partition coefficient (Wildman–Crippen LogP) is 7.06. The molecule has 40 heavy (non-hydrogen) atoms. The third kappa shape index (κ3) is 6.80. The normalized spacial score (nSPS) is 16.4. The number of ether oxygens (including phenoxy) is 2. The summed E-state index contributed by atoms with van der Waals surface area (Å²) in [6, 6.07) is 15.7. The quantitative estimate of drug-likeness (QED) is 0.232. The molecular formula is C29H29F6NO3S. The minimum Gasteiger partial charge on any atom is -0.487 e. The van der Waals surface area contributed by atoms with Gasteiger partial charge >= 0.3 is 12.5 Å². The molecule has 4 nitrogen and oxygen atoms in total. The molecular weight excluding hydrogens is 556 g/mol. The maximum Gasteiger partial charge on any atom is 0.461 e. The Hall–Kier alpha value is -3.05. The van der Waals surface area contributed by atoms with Crippen molar-refractivity contribution in [1.29, 1.82) is 0 Å². The molecule has 0 saturated heterocycles. The zero-order chi connectivity index (χ0) is 29.3. The van der Waals surface area contributed by atoms with E-state index in [1.807, 2.05) is 0 Å². The number of nitrogens with two attached hydrogens (primary N) is 1. The van der Waals surface area contributed by atoms with E-state index >= 15 is 4.39 Å². The summed E-state index contributed by atoms with van der Waals surface area (Å²) >= 11 is 0. The van der Waals surface area contributed by atoms with Gasteiger partial charge in [0.1, 0.15) is 11.6 Å². The first-order chi connectivity index (χ1) is 18.7. The highest BCUT2D eigenvalue weighted by molar-refractivity contribution is 7.84. The monoisotopic (exact) mass is 585 g/mol. The summed E-state index contributed by atoms with van der Waals surface area (Å²) in [7, 11) is -1.92. The van der Waals surface area contributed by atoms with Crippen LogP contribution in [0.4, 0.5) is 26.3 Å². The van der Waals surface area contributed by atoms with Gasteiger partial charge in [-0.2, -0.15) is 17.6 Å². The Kier molecular flexibility index (Phi) is 8.56. The molecule has 0 heterocycles. The minimum absolute atomic E-state index is 0.0410. The number of benzene rings is 3. The van der Waals surface area contributed by atoms with Gasteiger partial charge in [-0.05, 0) is 80.5 Å². The minimum atomic E-state index is -4.88. The van der Waals surface area contributed by atoms with Gasteiger partial charge in [0, 0.05) is 11.5 Å². The van der Waals surface area contributed by atoms with Crippen molar-refractivity contribution in [3.63, 3.8) is 0 Å². The van der Waals surface area contributed by atoms with Crippen LogP contribution in [-0.4, -0.2) is 27.6 Å². The Morgan fingerprint density at radius 3 is 2.25 bits per heavy atom. The van der Waals surface area contributed by atoms with E-state index in [0.717, 1.165) is 30.5 Å². The molecule has 11 heteroatoms. The highest BCUT2D eigenvalue weighted by Gasteiger charge is 2.46. The molecule has 0 radical (unpaired) electrons. The third-order valence-electron chi connectivity index (χ3n) is 6.85. The maximum atomic E-state index is 15.0. The lowest BCUT2D eigenvalue weighted by Crippen LogP contribution is -2.43. The molecule has 3 aromatic carbocycles. The number of hydrogen-bond acceptors (Lipinski definition) is 3. The molecule has 2 atom stereocenters. The predicted molar refractivity (Wildman–Crippen MR) is 140 cm³/mol. The van der Waals surface area contributed by atoms with E-state index in [0.29, 0.717) is 11.6 Å². The molecule has 1 fully saturated rings. The van der Waals surface area contributed by atoms with Gasteiger partial charge in [0.25, 0.3) is 0 Å². The summed E-state index contributed by atoms with van der Waals surface area (Å²) in [6.45, 7) is 3.24. The summed E-state index contributed by atoms with van der Waals surface area (Å²) in [4.78, 5) is 0. The molecule has 3 aromatic rings. The third-order valence-corrected chi connectivity index (χ3v) is 8.09. The van der Waals surface area contributed by atoms with Crippen molar-refractivity contribution in [2.75, 3.05) is 0 Å². The van der Waals surface area contributed by atoms with Crippen LogP contribution in [0.5, 0.6) is 11.5 Å². The molecule has 1 saturated carbocycles. The van der Waals surface area contributed by atoms with Crippen LogP contribution >= 0.6 is 0 Å². The highest BCUT2D eigenvalue weighted by Crippen LogP contribution is 2.46. The van der Waals surface area contributed by atoms with Crippen LogP contribution in [-0.2, 0) is 22.8 Å². The molecule has 1 aliphatic carbocycles. The summed E-state index contributed by atoms with van der Waals surface area (Å²) in [6.07, 6.45) is -7.65. The fourth-order valence-electron chi connectivity index (χ4n) is 4.74. The SMILES string of the molecule is CC(C)(C[C@@](Cc1ccccc1)(c1cc(F)cc(OC(F)(F)C(F)F)c1)c1ccc(F)c(OC2CC2)c1)S(N)=O. The Morgan fingerprint density at radius 2 is 1.65 bits per heavy atom. The van der Waals surface area contributed by atoms with Crippen LogP contribution in [0.15, 0.2) is 66.7 Å². The van der Waals surface area contributed by atoms with Crippen LogP contribution in [0.3, 0.4) is 0 Å². The molecule has 0 spiro atoms. The van der Waals surface area contributed by atoms with E-state index in [4.69, 9.17) is 9.88 Å². The van der Waals surface area contributed by atoms with Gasteiger partial charge in [-0.1, -0.05) is 36.4 Å². The average molecular weight is 586 g/mol. The smallest absolute Gasteiger partial charge is 0.461 e. The van der Waals surface area contributed by atoms with Crippen molar-refractivity contribution in [3.05, 3.63) is 95.1 Å². The van der Waals surface area contributed by atoms with E-state index in [1.54, 1.807) is 44.2 Å².